The number of nitrogens with zero attached hydrogens (tertiary/aromatic N) is 1. The largest absolute Gasteiger partial charge is 0.573 e. The summed E-state index contributed by atoms with van der Waals surface area (Å²) in [7, 11) is 0. The molecule has 0 radical (unpaired) electrons. The Morgan fingerprint density at radius 3 is 2.55 bits per heavy atom. The zero-order chi connectivity index (χ0) is 16.0. The minimum atomic E-state index is -4.66. The molecule has 1 aromatic rings. The molecule has 1 heterocycles. The van der Waals surface area contributed by atoms with E-state index in [0.717, 1.165) is 45.4 Å². The normalized spacial score (nSPS) is 18.2. The molecule has 0 saturated carbocycles. The molecule has 0 aliphatic carbocycles. The highest BCUT2D eigenvalue weighted by Gasteiger charge is 2.33. The standard InChI is InChI=1S/C16H23F3N2O/c1-2-3-7-14(21-11-9-20-10-12-21)13-6-4-5-8-15(13)22-16(17,18)19/h4-6,8,14,20H,2-3,7,9-12H2,1H3/t14-/m1/s1. The van der Waals surface area contributed by atoms with Crippen molar-refractivity contribution in [2.75, 3.05) is 26.2 Å². The Morgan fingerprint density at radius 2 is 1.91 bits per heavy atom. The highest BCUT2D eigenvalue weighted by molar-refractivity contribution is 5.36. The van der Waals surface area contributed by atoms with E-state index < -0.39 is 6.36 Å². The highest BCUT2D eigenvalue weighted by Crippen LogP contribution is 2.35. The van der Waals surface area contributed by atoms with Gasteiger partial charge >= 0.3 is 6.36 Å². The zero-order valence-electron chi connectivity index (χ0n) is 12.8. The number of hydrogen-bond donors (Lipinski definition) is 1. The molecule has 22 heavy (non-hydrogen) atoms. The lowest BCUT2D eigenvalue weighted by Crippen LogP contribution is -2.45. The predicted octanol–water partition coefficient (Wildman–Crippen LogP) is 3.72. The number of rotatable bonds is 6. The first-order valence-electron chi connectivity index (χ1n) is 7.80. The minimum Gasteiger partial charge on any atom is -0.405 e. The van der Waals surface area contributed by atoms with E-state index in [1.165, 1.54) is 6.07 Å². The van der Waals surface area contributed by atoms with Gasteiger partial charge in [-0.15, -0.1) is 13.2 Å². The zero-order valence-corrected chi connectivity index (χ0v) is 12.8. The summed E-state index contributed by atoms with van der Waals surface area (Å²) in [5.41, 5.74) is 0.634. The van der Waals surface area contributed by atoms with Gasteiger partial charge in [0.15, 0.2) is 0 Å². The lowest BCUT2D eigenvalue weighted by molar-refractivity contribution is -0.275. The van der Waals surface area contributed by atoms with Crippen LogP contribution >= 0.6 is 0 Å². The van der Waals surface area contributed by atoms with Crippen molar-refractivity contribution in [3.8, 4) is 5.75 Å². The van der Waals surface area contributed by atoms with Crippen molar-refractivity contribution in [1.82, 2.24) is 10.2 Å². The van der Waals surface area contributed by atoms with Crippen LogP contribution in [-0.4, -0.2) is 37.4 Å². The third-order valence-corrected chi connectivity index (χ3v) is 3.93. The van der Waals surface area contributed by atoms with Crippen LogP contribution in [0.5, 0.6) is 5.75 Å². The molecule has 1 saturated heterocycles. The molecule has 1 atom stereocenters. The van der Waals surface area contributed by atoms with Gasteiger partial charge in [0.1, 0.15) is 5.75 Å². The quantitative estimate of drug-likeness (QED) is 0.865. The predicted molar refractivity (Wildman–Crippen MR) is 79.8 cm³/mol. The van der Waals surface area contributed by atoms with Crippen LogP contribution in [0, 0.1) is 0 Å². The molecule has 0 spiro atoms. The van der Waals surface area contributed by atoms with Crippen LogP contribution in [0.2, 0.25) is 0 Å². The topological polar surface area (TPSA) is 24.5 Å². The first-order valence-corrected chi connectivity index (χ1v) is 7.80. The molecule has 6 heteroatoms. The number of halogens is 3. The maximum Gasteiger partial charge on any atom is 0.573 e. The fourth-order valence-corrected chi connectivity index (χ4v) is 2.90. The van der Waals surface area contributed by atoms with Gasteiger partial charge in [0.05, 0.1) is 0 Å². The summed E-state index contributed by atoms with van der Waals surface area (Å²) in [6, 6.07) is 6.49. The minimum absolute atomic E-state index is 0.0272. The van der Waals surface area contributed by atoms with Gasteiger partial charge in [-0.1, -0.05) is 38.0 Å². The molecule has 1 fully saturated rings. The molecule has 1 aromatic carbocycles. The molecule has 0 aromatic heterocycles. The monoisotopic (exact) mass is 316 g/mol. The van der Waals surface area contributed by atoms with Crippen LogP contribution in [0.3, 0.4) is 0 Å². The van der Waals surface area contributed by atoms with Crippen LogP contribution in [0.4, 0.5) is 13.2 Å². The summed E-state index contributed by atoms with van der Waals surface area (Å²) in [6.45, 7) is 5.51. The summed E-state index contributed by atoms with van der Waals surface area (Å²) in [5.74, 6) is -0.0744. The van der Waals surface area contributed by atoms with Crippen LogP contribution in [0.15, 0.2) is 24.3 Å². The van der Waals surface area contributed by atoms with Gasteiger partial charge in [-0.25, -0.2) is 0 Å². The Morgan fingerprint density at radius 1 is 1.23 bits per heavy atom. The van der Waals surface area contributed by atoms with Crippen LogP contribution in [0.1, 0.15) is 37.8 Å². The van der Waals surface area contributed by atoms with E-state index in [0.29, 0.717) is 5.56 Å². The van der Waals surface area contributed by atoms with E-state index >= 15 is 0 Å². The van der Waals surface area contributed by atoms with Gasteiger partial charge in [-0.3, -0.25) is 4.90 Å². The lowest BCUT2D eigenvalue weighted by Gasteiger charge is -2.36. The first kappa shape index (κ1) is 17.1. The van der Waals surface area contributed by atoms with E-state index in [1.54, 1.807) is 18.2 Å². The van der Waals surface area contributed by atoms with E-state index in [1.807, 2.05) is 0 Å². The Hall–Kier alpha value is -1.27. The second-order valence-corrected chi connectivity index (χ2v) is 5.53. The number of benzene rings is 1. The number of alkyl halides is 3. The summed E-state index contributed by atoms with van der Waals surface area (Å²) < 4.78 is 42.1. The second-order valence-electron chi connectivity index (χ2n) is 5.53. The van der Waals surface area contributed by atoms with Crippen molar-refractivity contribution in [1.29, 1.82) is 0 Å². The van der Waals surface area contributed by atoms with E-state index in [2.05, 4.69) is 21.9 Å². The Balaban J connectivity index is 2.25. The van der Waals surface area contributed by atoms with Crippen LogP contribution in [0.25, 0.3) is 0 Å². The van der Waals surface area contributed by atoms with Gasteiger partial charge in [0.2, 0.25) is 0 Å². The third kappa shape index (κ3) is 4.88. The Bertz CT molecular complexity index is 459. The van der Waals surface area contributed by atoms with Crippen molar-refractivity contribution in [3.63, 3.8) is 0 Å². The van der Waals surface area contributed by atoms with Crippen molar-refractivity contribution in [3.05, 3.63) is 29.8 Å². The summed E-state index contributed by atoms with van der Waals surface area (Å²) in [6.07, 6.45) is -1.82. The number of hydrogen-bond acceptors (Lipinski definition) is 3. The SMILES string of the molecule is CCCC[C@H](c1ccccc1OC(F)(F)F)N1CCNCC1. The van der Waals surface area contributed by atoms with Crippen molar-refractivity contribution in [2.24, 2.45) is 0 Å². The summed E-state index contributed by atoms with van der Waals surface area (Å²) in [5, 5.41) is 3.28. The van der Waals surface area contributed by atoms with Gasteiger partial charge in [0, 0.05) is 37.8 Å². The fourth-order valence-electron chi connectivity index (χ4n) is 2.90. The molecule has 1 aliphatic heterocycles. The molecule has 1 N–H and O–H groups in total. The maximum absolute atomic E-state index is 12.6. The Labute approximate surface area is 129 Å². The van der Waals surface area contributed by atoms with E-state index in [9.17, 15) is 13.2 Å². The summed E-state index contributed by atoms with van der Waals surface area (Å²) >= 11 is 0. The van der Waals surface area contributed by atoms with Gasteiger partial charge < -0.3 is 10.1 Å². The number of unbranched alkanes of at least 4 members (excludes halogenated alkanes) is 1. The molecular weight excluding hydrogens is 293 g/mol. The van der Waals surface area contributed by atoms with Crippen LogP contribution in [-0.2, 0) is 0 Å². The Kier molecular flexibility index (Phi) is 6.08. The van der Waals surface area contributed by atoms with Gasteiger partial charge in [-0.05, 0) is 12.5 Å². The second kappa shape index (κ2) is 7.83. The van der Waals surface area contributed by atoms with Gasteiger partial charge in [0.25, 0.3) is 0 Å². The fraction of sp³-hybridized carbons (Fsp3) is 0.625. The molecule has 2 rings (SSSR count). The number of piperazine rings is 1. The van der Waals surface area contributed by atoms with Crippen LogP contribution < -0.4 is 10.1 Å². The summed E-state index contributed by atoms with van der Waals surface area (Å²) in [4.78, 5) is 2.25. The number of ether oxygens (including phenoxy) is 1. The van der Waals surface area contributed by atoms with Crippen molar-refractivity contribution in [2.45, 2.75) is 38.6 Å². The first-order chi connectivity index (χ1) is 10.5. The van der Waals surface area contributed by atoms with Gasteiger partial charge in [-0.2, -0.15) is 0 Å². The smallest absolute Gasteiger partial charge is 0.405 e. The van der Waals surface area contributed by atoms with E-state index in [4.69, 9.17) is 0 Å². The highest BCUT2D eigenvalue weighted by atomic mass is 19.4. The molecule has 0 bridgehead atoms. The van der Waals surface area contributed by atoms with Crippen molar-refractivity contribution >= 4 is 0 Å². The average molecular weight is 316 g/mol. The molecular formula is C16H23F3N2O. The molecule has 0 unspecified atom stereocenters. The molecule has 124 valence electrons. The molecule has 0 amide bonds. The number of nitrogens with one attached hydrogen (secondary N) is 1. The number of para-hydroxylation sites is 1. The van der Waals surface area contributed by atoms with E-state index in [-0.39, 0.29) is 11.8 Å². The average Bonchev–Trinajstić information content (AvgIpc) is 2.49. The van der Waals surface area contributed by atoms with Crippen molar-refractivity contribution < 1.29 is 17.9 Å². The lowest BCUT2D eigenvalue weighted by atomic mass is 9.98. The third-order valence-electron chi connectivity index (χ3n) is 3.93. The molecule has 3 nitrogen and oxygen atoms in total. The maximum atomic E-state index is 12.6. The molecule has 1 aliphatic rings.